The van der Waals surface area contributed by atoms with Crippen molar-refractivity contribution in [1.82, 2.24) is 5.32 Å². The topological polar surface area (TPSA) is 55.1 Å². The third kappa shape index (κ3) is 2.94. The van der Waals surface area contributed by atoms with Crippen molar-refractivity contribution in [3.05, 3.63) is 54.1 Å². The van der Waals surface area contributed by atoms with E-state index in [0.717, 1.165) is 11.1 Å². The lowest BCUT2D eigenvalue weighted by molar-refractivity contribution is 0.0944. The Balaban J connectivity index is 2.51. The molecule has 2 aromatic rings. The van der Waals surface area contributed by atoms with E-state index in [1.54, 1.807) is 12.1 Å². The number of carbonyl (C=O) groups is 1. The van der Waals surface area contributed by atoms with E-state index in [0.29, 0.717) is 11.3 Å². The SMILES string of the molecule is CC(C)NC(=O)c1cccc(N)c1-c1ccccc1. The highest BCUT2D eigenvalue weighted by Gasteiger charge is 2.15. The van der Waals surface area contributed by atoms with Crippen LogP contribution in [0.1, 0.15) is 24.2 Å². The highest BCUT2D eigenvalue weighted by Crippen LogP contribution is 2.29. The Morgan fingerprint density at radius 2 is 1.74 bits per heavy atom. The first-order valence-electron chi connectivity index (χ1n) is 6.34. The molecule has 1 amide bonds. The summed E-state index contributed by atoms with van der Waals surface area (Å²) < 4.78 is 0. The van der Waals surface area contributed by atoms with Gasteiger partial charge in [-0.15, -0.1) is 0 Å². The number of rotatable bonds is 3. The van der Waals surface area contributed by atoms with Crippen molar-refractivity contribution < 1.29 is 4.79 Å². The maximum atomic E-state index is 12.2. The fourth-order valence-corrected chi connectivity index (χ4v) is 2.03. The summed E-state index contributed by atoms with van der Waals surface area (Å²) in [4.78, 5) is 12.2. The van der Waals surface area contributed by atoms with Gasteiger partial charge < -0.3 is 11.1 Å². The number of carbonyl (C=O) groups excluding carboxylic acids is 1. The van der Waals surface area contributed by atoms with Crippen molar-refractivity contribution in [2.24, 2.45) is 0 Å². The highest BCUT2D eigenvalue weighted by molar-refractivity contribution is 6.03. The summed E-state index contributed by atoms with van der Waals surface area (Å²) in [5.41, 5.74) is 9.01. The summed E-state index contributed by atoms with van der Waals surface area (Å²) >= 11 is 0. The molecule has 0 aliphatic heterocycles. The van der Waals surface area contributed by atoms with E-state index in [1.165, 1.54) is 0 Å². The van der Waals surface area contributed by atoms with Crippen LogP contribution in [0.15, 0.2) is 48.5 Å². The van der Waals surface area contributed by atoms with Crippen LogP contribution in [0.2, 0.25) is 0 Å². The van der Waals surface area contributed by atoms with E-state index >= 15 is 0 Å². The second kappa shape index (κ2) is 5.57. The molecule has 0 atom stereocenters. The molecule has 0 radical (unpaired) electrons. The maximum absolute atomic E-state index is 12.2. The van der Waals surface area contributed by atoms with Crippen LogP contribution in [0.3, 0.4) is 0 Å². The van der Waals surface area contributed by atoms with E-state index in [1.807, 2.05) is 50.2 Å². The average molecular weight is 254 g/mol. The molecule has 0 spiro atoms. The van der Waals surface area contributed by atoms with Crippen molar-refractivity contribution in [2.75, 3.05) is 5.73 Å². The molecule has 0 aliphatic rings. The van der Waals surface area contributed by atoms with Gasteiger partial charge in [-0.2, -0.15) is 0 Å². The molecule has 0 heterocycles. The minimum Gasteiger partial charge on any atom is -0.398 e. The lowest BCUT2D eigenvalue weighted by Gasteiger charge is -2.14. The molecular weight excluding hydrogens is 236 g/mol. The fourth-order valence-electron chi connectivity index (χ4n) is 2.03. The minimum atomic E-state index is -0.0962. The summed E-state index contributed by atoms with van der Waals surface area (Å²) in [6.45, 7) is 3.87. The van der Waals surface area contributed by atoms with Gasteiger partial charge in [0.15, 0.2) is 0 Å². The summed E-state index contributed by atoms with van der Waals surface area (Å²) in [6, 6.07) is 15.2. The number of nitrogens with two attached hydrogens (primary N) is 1. The highest BCUT2D eigenvalue weighted by atomic mass is 16.1. The van der Waals surface area contributed by atoms with E-state index in [4.69, 9.17) is 5.73 Å². The molecule has 98 valence electrons. The molecular formula is C16H18N2O. The van der Waals surface area contributed by atoms with E-state index in [2.05, 4.69) is 5.32 Å². The number of hydrogen-bond acceptors (Lipinski definition) is 2. The van der Waals surface area contributed by atoms with Crippen molar-refractivity contribution in [1.29, 1.82) is 0 Å². The zero-order chi connectivity index (χ0) is 13.8. The summed E-state index contributed by atoms with van der Waals surface area (Å²) in [6.07, 6.45) is 0. The summed E-state index contributed by atoms with van der Waals surface area (Å²) in [7, 11) is 0. The van der Waals surface area contributed by atoms with Gasteiger partial charge >= 0.3 is 0 Å². The predicted molar refractivity (Wildman–Crippen MR) is 78.9 cm³/mol. The monoisotopic (exact) mass is 254 g/mol. The molecule has 2 aromatic carbocycles. The molecule has 0 fully saturated rings. The van der Waals surface area contributed by atoms with E-state index < -0.39 is 0 Å². The molecule has 2 rings (SSSR count). The first kappa shape index (κ1) is 13.1. The molecule has 3 nitrogen and oxygen atoms in total. The molecule has 0 saturated heterocycles. The van der Waals surface area contributed by atoms with Gasteiger partial charge in [0.1, 0.15) is 0 Å². The Morgan fingerprint density at radius 1 is 1.05 bits per heavy atom. The van der Waals surface area contributed by atoms with Gasteiger partial charge in [-0.3, -0.25) is 4.79 Å². The van der Waals surface area contributed by atoms with Crippen LogP contribution in [0.4, 0.5) is 5.69 Å². The van der Waals surface area contributed by atoms with Gasteiger partial charge in [-0.25, -0.2) is 0 Å². The Bertz CT molecular complexity index is 577. The largest absolute Gasteiger partial charge is 0.398 e. The van der Waals surface area contributed by atoms with Crippen LogP contribution in [0, 0.1) is 0 Å². The van der Waals surface area contributed by atoms with Gasteiger partial charge in [0.05, 0.1) is 0 Å². The maximum Gasteiger partial charge on any atom is 0.252 e. The Labute approximate surface area is 113 Å². The summed E-state index contributed by atoms with van der Waals surface area (Å²) in [5.74, 6) is -0.0962. The van der Waals surface area contributed by atoms with Crippen LogP contribution < -0.4 is 11.1 Å². The number of nitrogens with one attached hydrogen (secondary N) is 1. The van der Waals surface area contributed by atoms with Crippen molar-refractivity contribution in [3.8, 4) is 11.1 Å². The van der Waals surface area contributed by atoms with E-state index in [-0.39, 0.29) is 11.9 Å². The van der Waals surface area contributed by atoms with Crippen LogP contribution in [0.25, 0.3) is 11.1 Å². The molecule has 3 N–H and O–H groups in total. The van der Waals surface area contributed by atoms with E-state index in [9.17, 15) is 4.79 Å². The fraction of sp³-hybridized carbons (Fsp3) is 0.188. The minimum absolute atomic E-state index is 0.0950. The van der Waals surface area contributed by atoms with Gasteiger partial charge in [0.2, 0.25) is 0 Å². The van der Waals surface area contributed by atoms with Crippen LogP contribution in [-0.4, -0.2) is 11.9 Å². The Kier molecular flexibility index (Phi) is 3.85. The first-order valence-corrected chi connectivity index (χ1v) is 6.34. The van der Waals surface area contributed by atoms with Crippen LogP contribution in [-0.2, 0) is 0 Å². The lowest BCUT2D eigenvalue weighted by atomic mass is 9.97. The van der Waals surface area contributed by atoms with Crippen molar-refractivity contribution >= 4 is 11.6 Å². The molecule has 19 heavy (non-hydrogen) atoms. The third-order valence-corrected chi connectivity index (χ3v) is 2.82. The number of benzene rings is 2. The zero-order valence-electron chi connectivity index (χ0n) is 11.2. The van der Waals surface area contributed by atoms with Gasteiger partial charge in [-0.05, 0) is 31.5 Å². The number of nitrogen functional groups attached to an aromatic ring is 1. The molecule has 0 bridgehead atoms. The number of hydrogen-bond donors (Lipinski definition) is 2. The molecule has 0 aliphatic carbocycles. The third-order valence-electron chi connectivity index (χ3n) is 2.82. The number of amides is 1. The average Bonchev–Trinajstić information content (AvgIpc) is 2.38. The Hall–Kier alpha value is -2.29. The smallest absolute Gasteiger partial charge is 0.252 e. The molecule has 0 aromatic heterocycles. The van der Waals surface area contributed by atoms with Gasteiger partial charge in [0, 0.05) is 22.9 Å². The standard InChI is InChI=1S/C16H18N2O/c1-11(2)18-16(19)13-9-6-10-14(17)15(13)12-7-4-3-5-8-12/h3-11H,17H2,1-2H3,(H,18,19). The van der Waals surface area contributed by atoms with Gasteiger partial charge in [0.25, 0.3) is 5.91 Å². The molecule has 0 unspecified atom stereocenters. The quantitative estimate of drug-likeness (QED) is 0.827. The molecule has 0 saturated carbocycles. The Morgan fingerprint density at radius 3 is 2.37 bits per heavy atom. The second-order valence-electron chi connectivity index (χ2n) is 4.76. The summed E-state index contributed by atoms with van der Waals surface area (Å²) in [5, 5.41) is 2.90. The van der Waals surface area contributed by atoms with Crippen LogP contribution in [0.5, 0.6) is 0 Å². The normalized spacial score (nSPS) is 10.5. The lowest BCUT2D eigenvalue weighted by Crippen LogP contribution is -2.30. The predicted octanol–water partition coefficient (Wildman–Crippen LogP) is 3.07. The van der Waals surface area contributed by atoms with Crippen LogP contribution >= 0.6 is 0 Å². The first-order chi connectivity index (χ1) is 9.09. The zero-order valence-corrected chi connectivity index (χ0v) is 11.2. The molecule has 3 heteroatoms. The number of anilines is 1. The second-order valence-corrected chi connectivity index (χ2v) is 4.76. The van der Waals surface area contributed by atoms with Crippen molar-refractivity contribution in [3.63, 3.8) is 0 Å². The van der Waals surface area contributed by atoms with Gasteiger partial charge in [-0.1, -0.05) is 36.4 Å². The van der Waals surface area contributed by atoms with Crippen molar-refractivity contribution in [2.45, 2.75) is 19.9 Å².